The normalized spacial score (nSPS) is 11.4. The fraction of sp³-hybridized carbons (Fsp3) is 0.421. The summed E-state index contributed by atoms with van der Waals surface area (Å²) in [5, 5.41) is 3.37. The van der Waals surface area contributed by atoms with Gasteiger partial charge < -0.3 is 19.5 Å². The third-order valence-corrected chi connectivity index (χ3v) is 3.96. The fourth-order valence-electron chi connectivity index (χ4n) is 2.51. The summed E-state index contributed by atoms with van der Waals surface area (Å²) in [5.41, 5.74) is 1.23. The summed E-state index contributed by atoms with van der Waals surface area (Å²) in [6.45, 7) is 2.25. The second-order valence-electron chi connectivity index (χ2n) is 5.95. The van der Waals surface area contributed by atoms with Gasteiger partial charge >= 0.3 is 0 Å². The molecule has 0 saturated carbocycles. The second-order valence-corrected chi connectivity index (χ2v) is 5.95. The van der Waals surface area contributed by atoms with Crippen LogP contribution in [0.4, 0.5) is 4.39 Å². The van der Waals surface area contributed by atoms with Crippen LogP contribution in [0.3, 0.4) is 0 Å². The van der Waals surface area contributed by atoms with Crippen molar-refractivity contribution in [2.45, 2.75) is 19.4 Å². The van der Waals surface area contributed by atoms with E-state index in [1.165, 1.54) is 17.8 Å². The molecule has 0 atom stereocenters. The van der Waals surface area contributed by atoms with Crippen molar-refractivity contribution < 1.29 is 9.13 Å². The average Bonchev–Trinajstić information content (AvgIpc) is 3.00. The zero-order valence-electron chi connectivity index (χ0n) is 15.2. The lowest BCUT2D eigenvalue weighted by atomic mass is 10.3. The van der Waals surface area contributed by atoms with Gasteiger partial charge in [0.2, 0.25) is 0 Å². The first-order chi connectivity index (χ1) is 12.1. The largest absolute Gasteiger partial charge is 0.494 e. The Morgan fingerprint density at radius 2 is 2.00 bits per heavy atom. The number of aryl methyl sites for hydroxylation is 1. The molecule has 136 valence electrons. The molecule has 0 radical (unpaired) electrons. The van der Waals surface area contributed by atoms with Crippen LogP contribution in [0.25, 0.3) is 0 Å². The van der Waals surface area contributed by atoms with Crippen LogP contribution in [-0.2, 0) is 13.6 Å². The molecule has 25 heavy (non-hydrogen) atoms. The van der Waals surface area contributed by atoms with Gasteiger partial charge in [-0.25, -0.2) is 4.39 Å². The van der Waals surface area contributed by atoms with Crippen molar-refractivity contribution in [3.05, 3.63) is 54.1 Å². The molecule has 5 nitrogen and oxygen atoms in total. The van der Waals surface area contributed by atoms with E-state index in [0.717, 1.165) is 31.9 Å². The molecular formula is C19H27FN4O. The average molecular weight is 346 g/mol. The van der Waals surface area contributed by atoms with E-state index in [-0.39, 0.29) is 5.82 Å². The van der Waals surface area contributed by atoms with E-state index >= 15 is 0 Å². The molecule has 2 aromatic rings. The summed E-state index contributed by atoms with van der Waals surface area (Å²) < 4.78 is 20.5. The highest BCUT2D eigenvalue weighted by Crippen LogP contribution is 2.11. The highest BCUT2D eigenvalue weighted by atomic mass is 19.1. The van der Waals surface area contributed by atoms with Gasteiger partial charge in [-0.05, 0) is 49.2 Å². The minimum Gasteiger partial charge on any atom is -0.494 e. The summed E-state index contributed by atoms with van der Waals surface area (Å²) in [5.74, 6) is 1.33. The van der Waals surface area contributed by atoms with Crippen molar-refractivity contribution in [2.75, 3.05) is 27.2 Å². The molecule has 1 heterocycles. The molecule has 6 heteroatoms. The summed E-state index contributed by atoms with van der Waals surface area (Å²) >= 11 is 0. The maximum absolute atomic E-state index is 12.8. The standard InChI is InChI=1S/C19H27FN4O/c1-21-19(24(3)15-17-7-6-13-23(17)2)22-12-4-5-14-25-18-10-8-16(20)9-11-18/h6-11,13H,4-5,12,14-15H2,1-3H3,(H,21,22). The van der Waals surface area contributed by atoms with Gasteiger partial charge in [-0.2, -0.15) is 0 Å². The Morgan fingerprint density at radius 1 is 1.24 bits per heavy atom. The predicted molar refractivity (Wildman–Crippen MR) is 99.4 cm³/mol. The Morgan fingerprint density at radius 3 is 2.64 bits per heavy atom. The Kier molecular flexibility index (Phi) is 7.32. The zero-order chi connectivity index (χ0) is 18.1. The monoisotopic (exact) mass is 346 g/mol. The molecule has 0 saturated heterocycles. The van der Waals surface area contributed by atoms with Crippen molar-refractivity contribution >= 4 is 5.96 Å². The number of nitrogens with one attached hydrogen (secondary N) is 1. The third kappa shape index (κ3) is 6.14. The van der Waals surface area contributed by atoms with Crippen LogP contribution in [0, 0.1) is 5.82 Å². The molecule has 0 aliphatic rings. The minimum atomic E-state index is -0.248. The number of nitrogens with zero attached hydrogens (tertiary/aromatic N) is 3. The van der Waals surface area contributed by atoms with Crippen LogP contribution in [0.5, 0.6) is 5.75 Å². The van der Waals surface area contributed by atoms with Gasteiger partial charge in [-0.15, -0.1) is 0 Å². The number of rotatable bonds is 8. The van der Waals surface area contributed by atoms with Crippen molar-refractivity contribution in [1.82, 2.24) is 14.8 Å². The Bertz CT molecular complexity index is 666. The molecule has 1 aromatic carbocycles. The molecule has 0 unspecified atom stereocenters. The first kappa shape index (κ1) is 18.8. The van der Waals surface area contributed by atoms with E-state index in [1.807, 2.05) is 26.4 Å². The highest BCUT2D eigenvalue weighted by molar-refractivity contribution is 5.79. The second kappa shape index (κ2) is 9.71. The topological polar surface area (TPSA) is 41.8 Å². The Balaban J connectivity index is 1.63. The fourth-order valence-corrected chi connectivity index (χ4v) is 2.51. The molecule has 0 fully saturated rings. The van der Waals surface area contributed by atoms with E-state index in [9.17, 15) is 4.39 Å². The number of aliphatic imine (C=N–C) groups is 1. The van der Waals surface area contributed by atoms with Crippen molar-refractivity contribution in [3.8, 4) is 5.75 Å². The van der Waals surface area contributed by atoms with E-state index in [1.54, 1.807) is 19.2 Å². The molecule has 0 amide bonds. The lowest BCUT2D eigenvalue weighted by Crippen LogP contribution is -2.39. The summed E-state index contributed by atoms with van der Waals surface area (Å²) in [7, 11) is 5.86. The van der Waals surface area contributed by atoms with E-state index in [0.29, 0.717) is 12.4 Å². The number of benzene rings is 1. The number of ether oxygens (including phenoxy) is 1. The number of halogens is 1. The van der Waals surface area contributed by atoms with Gasteiger partial charge in [-0.1, -0.05) is 0 Å². The maximum atomic E-state index is 12.8. The summed E-state index contributed by atoms with van der Waals surface area (Å²) in [6, 6.07) is 10.3. The van der Waals surface area contributed by atoms with Crippen molar-refractivity contribution in [1.29, 1.82) is 0 Å². The summed E-state index contributed by atoms with van der Waals surface area (Å²) in [6.07, 6.45) is 3.93. The minimum absolute atomic E-state index is 0.248. The SMILES string of the molecule is CN=C(NCCCCOc1ccc(F)cc1)N(C)Cc1cccn1C. The number of hydrogen-bond acceptors (Lipinski definition) is 2. The van der Waals surface area contributed by atoms with Crippen LogP contribution in [0.2, 0.25) is 0 Å². The van der Waals surface area contributed by atoms with Gasteiger partial charge in [0, 0.05) is 39.6 Å². The van der Waals surface area contributed by atoms with Gasteiger partial charge in [0.05, 0.1) is 13.2 Å². The van der Waals surface area contributed by atoms with Gasteiger partial charge in [0.1, 0.15) is 11.6 Å². The van der Waals surface area contributed by atoms with Crippen LogP contribution >= 0.6 is 0 Å². The number of aromatic nitrogens is 1. The number of unbranched alkanes of at least 4 members (excludes halogenated alkanes) is 1. The van der Waals surface area contributed by atoms with E-state index in [2.05, 4.69) is 25.8 Å². The maximum Gasteiger partial charge on any atom is 0.193 e. The molecule has 1 aromatic heterocycles. The first-order valence-electron chi connectivity index (χ1n) is 8.50. The van der Waals surface area contributed by atoms with E-state index in [4.69, 9.17) is 4.74 Å². The van der Waals surface area contributed by atoms with Crippen LogP contribution < -0.4 is 10.1 Å². The van der Waals surface area contributed by atoms with Gasteiger partial charge in [-0.3, -0.25) is 4.99 Å². The highest BCUT2D eigenvalue weighted by Gasteiger charge is 2.07. The molecule has 0 aliphatic heterocycles. The molecule has 1 N–H and O–H groups in total. The zero-order valence-corrected chi connectivity index (χ0v) is 15.2. The van der Waals surface area contributed by atoms with Gasteiger partial charge in [0.15, 0.2) is 5.96 Å². The molecule has 2 rings (SSSR count). The van der Waals surface area contributed by atoms with Gasteiger partial charge in [0.25, 0.3) is 0 Å². The number of hydrogen-bond donors (Lipinski definition) is 1. The lowest BCUT2D eigenvalue weighted by Gasteiger charge is -2.22. The molecular weight excluding hydrogens is 319 g/mol. The predicted octanol–water partition coefficient (Wildman–Crippen LogP) is 3.03. The summed E-state index contributed by atoms with van der Waals surface area (Å²) in [4.78, 5) is 6.43. The quantitative estimate of drug-likeness (QED) is 0.454. The lowest BCUT2D eigenvalue weighted by molar-refractivity contribution is 0.306. The number of guanidine groups is 1. The van der Waals surface area contributed by atoms with Crippen molar-refractivity contribution in [3.63, 3.8) is 0 Å². The molecule has 0 spiro atoms. The Labute approximate surface area is 149 Å². The first-order valence-corrected chi connectivity index (χ1v) is 8.50. The third-order valence-electron chi connectivity index (χ3n) is 3.96. The van der Waals surface area contributed by atoms with E-state index < -0.39 is 0 Å². The molecule has 0 bridgehead atoms. The molecule has 0 aliphatic carbocycles. The van der Waals surface area contributed by atoms with Crippen LogP contribution in [0.15, 0.2) is 47.6 Å². The van der Waals surface area contributed by atoms with Crippen LogP contribution in [0.1, 0.15) is 18.5 Å². The smallest absolute Gasteiger partial charge is 0.193 e. The van der Waals surface area contributed by atoms with Crippen molar-refractivity contribution in [2.24, 2.45) is 12.0 Å². The Hall–Kier alpha value is -2.50. The van der Waals surface area contributed by atoms with Crippen LogP contribution in [-0.4, -0.2) is 42.7 Å².